The lowest BCUT2D eigenvalue weighted by molar-refractivity contribution is -0.00917. The molecule has 0 saturated heterocycles. The van der Waals surface area contributed by atoms with Crippen molar-refractivity contribution in [3.8, 4) is 5.75 Å². The van der Waals surface area contributed by atoms with Gasteiger partial charge < -0.3 is 4.74 Å². The quantitative estimate of drug-likeness (QED) is 0.581. The van der Waals surface area contributed by atoms with Crippen LogP contribution in [0.4, 0.5) is 0 Å². The molecule has 21 heavy (non-hydrogen) atoms. The number of hydrogen-bond donors (Lipinski definition) is 0. The van der Waals surface area contributed by atoms with E-state index in [1.54, 1.807) is 12.5 Å². The summed E-state index contributed by atoms with van der Waals surface area (Å²) in [4.78, 5) is 11.2. The van der Waals surface area contributed by atoms with Crippen molar-refractivity contribution in [1.29, 1.82) is 0 Å². The Morgan fingerprint density at radius 3 is 2.57 bits per heavy atom. The third kappa shape index (κ3) is 2.64. The molecule has 2 unspecified atom stereocenters. The molecule has 2 nitrogen and oxygen atoms in total. The maximum atomic E-state index is 11.2. The van der Waals surface area contributed by atoms with Crippen molar-refractivity contribution < 1.29 is 9.53 Å². The van der Waals surface area contributed by atoms with Crippen LogP contribution in [0.5, 0.6) is 5.75 Å². The predicted molar refractivity (Wildman–Crippen MR) is 84.6 cm³/mol. The number of Topliss-reactive ketones (excluding diaryl/α,β-unsaturated/α-hetero) is 1. The summed E-state index contributed by atoms with van der Waals surface area (Å²) in [7, 11) is 0. The Bertz CT molecular complexity index is 566. The number of ether oxygens (including phenoxy) is 1. The Kier molecular flexibility index (Phi) is 3.64. The molecule has 0 aliphatic heterocycles. The van der Waals surface area contributed by atoms with Crippen LogP contribution in [0.2, 0.25) is 0 Å². The molecule has 0 N–H and O–H groups in total. The molecule has 1 aromatic carbocycles. The van der Waals surface area contributed by atoms with Gasteiger partial charge in [0.15, 0.2) is 5.78 Å². The zero-order valence-electron chi connectivity index (χ0n) is 13.2. The summed E-state index contributed by atoms with van der Waals surface area (Å²) >= 11 is 0. The lowest BCUT2D eigenvalue weighted by Gasteiger charge is -2.56. The van der Waals surface area contributed by atoms with E-state index in [0.717, 1.165) is 36.2 Å². The first-order valence-corrected chi connectivity index (χ1v) is 7.91. The van der Waals surface area contributed by atoms with Crippen molar-refractivity contribution >= 4 is 5.78 Å². The zero-order valence-corrected chi connectivity index (χ0v) is 13.2. The lowest BCUT2D eigenvalue weighted by Crippen LogP contribution is -2.48. The van der Waals surface area contributed by atoms with Gasteiger partial charge in [-0.25, -0.2) is 0 Å². The maximum Gasteiger partial charge on any atom is 0.159 e. The van der Waals surface area contributed by atoms with Crippen molar-refractivity contribution in [2.24, 2.45) is 17.3 Å². The van der Waals surface area contributed by atoms with Crippen molar-refractivity contribution in [2.45, 2.75) is 40.0 Å². The van der Waals surface area contributed by atoms with Gasteiger partial charge in [-0.1, -0.05) is 25.5 Å². The number of fused-ring (bicyclic) bond motifs is 1. The summed E-state index contributed by atoms with van der Waals surface area (Å²) in [5, 5.41) is 0. The van der Waals surface area contributed by atoms with Gasteiger partial charge in [-0.05, 0) is 61.3 Å². The molecule has 0 amide bonds. The SMILES string of the molecule is CC(=O)c1ccc(OCCC2=CCC3CC2C3(C)C)cc1. The molecule has 0 spiro atoms. The predicted octanol–water partition coefficient (Wildman–Crippen LogP) is 4.65. The van der Waals surface area contributed by atoms with Crippen LogP contribution in [0.25, 0.3) is 0 Å². The minimum absolute atomic E-state index is 0.0932. The molecule has 0 heterocycles. The second-order valence-corrected chi connectivity index (χ2v) is 7.00. The highest BCUT2D eigenvalue weighted by molar-refractivity contribution is 5.94. The van der Waals surface area contributed by atoms with Crippen LogP contribution in [0, 0.1) is 17.3 Å². The molecule has 1 fully saturated rings. The molecule has 112 valence electrons. The van der Waals surface area contributed by atoms with Crippen LogP contribution in [0.1, 0.15) is 50.4 Å². The highest BCUT2D eigenvalue weighted by Crippen LogP contribution is 2.59. The minimum Gasteiger partial charge on any atom is -0.493 e. The van der Waals surface area contributed by atoms with Crippen molar-refractivity contribution in [3.63, 3.8) is 0 Å². The van der Waals surface area contributed by atoms with E-state index in [1.807, 2.05) is 24.3 Å². The Morgan fingerprint density at radius 2 is 2.00 bits per heavy atom. The Morgan fingerprint density at radius 1 is 1.29 bits per heavy atom. The first kappa shape index (κ1) is 14.4. The summed E-state index contributed by atoms with van der Waals surface area (Å²) in [6, 6.07) is 7.43. The zero-order chi connectivity index (χ0) is 15.0. The van der Waals surface area contributed by atoms with Crippen LogP contribution in [-0.4, -0.2) is 12.4 Å². The average molecular weight is 284 g/mol. The van der Waals surface area contributed by atoms with E-state index < -0.39 is 0 Å². The largest absolute Gasteiger partial charge is 0.493 e. The summed E-state index contributed by atoms with van der Waals surface area (Å²) in [5.41, 5.74) is 2.81. The van der Waals surface area contributed by atoms with E-state index in [4.69, 9.17) is 4.74 Å². The molecule has 1 saturated carbocycles. The number of carbonyl (C=O) groups is 1. The molecule has 3 aliphatic carbocycles. The number of hydrogen-bond acceptors (Lipinski definition) is 2. The first-order chi connectivity index (χ1) is 9.98. The number of allylic oxidation sites excluding steroid dienone is 1. The lowest BCUT2D eigenvalue weighted by atomic mass is 9.48. The van der Waals surface area contributed by atoms with E-state index in [9.17, 15) is 4.79 Å². The van der Waals surface area contributed by atoms with Gasteiger partial charge >= 0.3 is 0 Å². The van der Waals surface area contributed by atoms with Crippen LogP contribution in [0.15, 0.2) is 35.9 Å². The van der Waals surface area contributed by atoms with Crippen LogP contribution >= 0.6 is 0 Å². The fraction of sp³-hybridized carbons (Fsp3) is 0.526. The van der Waals surface area contributed by atoms with Gasteiger partial charge in [0, 0.05) is 12.0 Å². The van der Waals surface area contributed by atoms with Gasteiger partial charge in [-0.2, -0.15) is 0 Å². The maximum absolute atomic E-state index is 11.2. The summed E-state index contributed by atoms with van der Waals surface area (Å²) < 4.78 is 5.83. The van der Waals surface area contributed by atoms with Crippen LogP contribution in [0.3, 0.4) is 0 Å². The van der Waals surface area contributed by atoms with Crippen molar-refractivity contribution in [3.05, 3.63) is 41.5 Å². The summed E-state index contributed by atoms with van der Waals surface area (Å²) in [6.45, 7) is 7.11. The van der Waals surface area contributed by atoms with Crippen molar-refractivity contribution in [2.75, 3.05) is 6.61 Å². The van der Waals surface area contributed by atoms with Crippen LogP contribution < -0.4 is 4.74 Å². The Hall–Kier alpha value is -1.57. The van der Waals surface area contributed by atoms with Gasteiger partial charge in [-0.3, -0.25) is 4.79 Å². The van der Waals surface area contributed by atoms with Gasteiger partial charge in [0.2, 0.25) is 0 Å². The van der Waals surface area contributed by atoms with Gasteiger partial charge in [0.05, 0.1) is 6.61 Å². The summed E-state index contributed by atoms with van der Waals surface area (Å²) in [5.74, 6) is 2.60. The molecule has 1 aromatic rings. The number of ketones is 1. The smallest absolute Gasteiger partial charge is 0.159 e. The molecule has 0 aromatic heterocycles. The van der Waals surface area contributed by atoms with E-state index in [2.05, 4.69) is 19.9 Å². The molecule has 0 radical (unpaired) electrons. The molecule has 2 atom stereocenters. The molecule has 3 aliphatic rings. The summed E-state index contributed by atoms with van der Waals surface area (Å²) in [6.07, 6.45) is 6.07. The molecule has 2 bridgehead atoms. The fourth-order valence-corrected chi connectivity index (χ4v) is 3.83. The van der Waals surface area contributed by atoms with Crippen LogP contribution in [-0.2, 0) is 0 Å². The average Bonchev–Trinajstić information content (AvgIpc) is 2.47. The third-order valence-corrected chi connectivity index (χ3v) is 5.50. The highest BCUT2D eigenvalue weighted by atomic mass is 16.5. The molecule has 4 rings (SSSR count). The van der Waals surface area contributed by atoms with Crippen molar-refractivity contribution in [1.82, 2.24) is 0 Å². The number of carbonyl (C=O) groups excluding carboxylic acids is 1. The Balaban J connectivity index is 1.52. The molecular formula is C19H24O2. The van der Waals surface area contributed by atoms with E-state index in [-0.39, 0.29) is 5.78 Å². The molecular weight excluding hydrogens is 260 g/mol. The first-order valence-electron chi connectivity index (χ1n) is 7.91. The topological polar surface area (TPSA) is 26.3 Å². The number of benzene rings is 1. The van der Waals surface area contributed by atoms with Gasteiger partial charge in [0.25, 0.3) is 0 Å². The van der Waals surface area contributed by atoms with Gasteiger partial charge in [-0.15, -0.1) is 0 Å². The monoisotopic (exact) mass is 284 g/mol. The number of rotatable bonds is 5. The van der Waals surface area contributed by atoms with Gasteiger partial charge in [0.1, 0.15) is 5.75 Å². The normalized spacial score (nSPS) is 25.8. The minimum atomic E-state index is 0.0932. The second-order valence-electron chi connectivity index (χ2n) is 7.00. The molecule has 2 heteroatoms. The fourth-order valence-electron chi connectivity index (χ4n) is 3.83. The third-order valence-electron chi connectivity index (χ3n) is 5.50. The van der Waals surface area contributed by atoms with E-state index in [1.165, 1.54) is 12.8 Å². The Labute approximate surface area is 127 Å². The highest BCUT2D eigenvalue weighted by Gasteiger charge is 2.50. The standard InChI is InChI=1S/C19H24O2/c1-13(20)14-5-8-17(9-6-14)21-11-10-15-4-7-16-12-18(15)19(16,2)3/h4-6,8-9,16,18H,7,10-12H2,1-3H3. The van der Waals surface area contributed by atoms with E-state index in [0.29, 0.717) is 5.41 Å². The van der Waals surface area contributed by atoms with E-state index >= 15 is 0 Å². The second kappa shape index (κ2) is 5.32.